The molecule has 128 valence electrons. The van der Waals surface area contributed by atoms with Gasteiger partial charge in [0.2, 0.25) is 0 Å². The van der Waals surface area contributed by atoms with Gasteiger partial charge < -0.3 is 14.6 Å². The number of aliphatic hydroxyl groups excluding tert-OH is 1. The van der Waals surface area contributed by atoms with Gasteiger partial charge in [0, 0.05) is 24.2 Å². The van der Waals surface area contributed by atoms with Crippen molar-refractivity contribution in [2.45, 2.75) is 26.8 Å². The van der Waals surface area contributed by atoms with E-state index < -0.39 is 0 Å². The third kappa shape index (κ3) is 2.36. The molecular formula is C21H22N2O2. The number of carbonyl (C=O) groups excluding carboxylic acids is 1. The number of aliphatic hydroxyl groups is 1. The molecular weight excluding hydrogens is 312 g/mol. The lowest BCUT2D eigenvalue weighted by Gasteiger charge is -2.28. The lowest BCUT2D eigenvalue weighted by Crippen LogP contribution is -2.38. The van der Waals surface area contributed by atoms with Gasteiger partial charge in [-0.1, -0.05) is 30.3 Å². The summed E-state index contributed by atoms with van der Waals surface area (Å²) in [6, 6.07) is 14.0. The number of nitrogens with zero attached hydrogens (tertiary/aromatic N) is 2. The first-order valence-electron chi connectivity index (χ1n) is 8.72. The van der Waals surface area contributed by atoms with Crippen LogP contribution in [0.3, 0.4) is 0 Å². The SMILES string of the molecule is Cc1ccc(C)c2c1c1c(n2CCO)C(=O)N(c2ccccc2)CC1. The van der Waals surface area contributed by atoms with Crippen molar-refractivity contribution < 1.29 is 9.90 Å². The van der Waals surface area contributed by atoms with Crippen molar-refractivity contribution in [3.63, 3.8) is 0 Å². The lowest BCUT2D eigenvalue weighted by atomic mass is 9.98. The van der Waals surface area contributed by atoms with Crippen molar-refractivity contribution >= 4 is 22.5 Å². The highest BCUT2D eigenvalue weighted by Gasteiger charge is 2.32. The summed E-state index contributed by atoms with van der Waals surface area (Å²) in [6.07, 6.45) is 0.829. The number of carbonyl (C=O) groups is 1. The van der Waals surface area contributed by atoms with Gasteiger partial charge in [0.25, 0.3) is 5.91 Å². The molecule has 1 aliphatic heterocycles. The number of benzene rings is 2. The number of fused-ring (bicyclic) bond motifs is 3. The van der Waals surface area contributed by atoms with Crippen LogP contribution in [0.25, 0.3) is 10.9 Å². The summed E-state index contributed by atoms with van der Waals surface area (Å²) in [5.41, 5.74) is 6.20. The molecule has 4 rings (SSSR count). The number of amides is 1. The summed E-state index contributed by atoms with van der Waals surface area (Å²) in [5.74, 6) is 0.0240. The summed E-state index contributed by atoms with van der Waals surface area (Å²) >= 11 is 0. The minimum Gasteiger partial charge on any atom is -0.395 e. The van der Waals surface area contributed by atoms with Crippen LogP contribution < -0.4 is 4.90 Å². The van der Waals surface area contributed by atoms with Gasteiger partial charge in [-0.05, 0) is 49.1 Å². The first-order chi connectivity index (χ1) is 12.1. The number of aromatic nitrogens is 1. The van der Waals surface area contributed by atoms with Gasteiger partial charge in [-0.25, -0.2) is 0 Å². The first kappa shape index (κ1) is 15.9. The van der Waals surface area contributed by atoms with Crippen LogP contribution in [0, 0.1) is 13.8 Å². The highest BCUT2D eigenvalue weighted by atomic mass is 16.3. The Hall–Kier alpha value is -2.59. The number of hydrogen-bond acceptors (Lipinski definition) is 2. The van der Waals surface area contributed by atoms with Crippen LogP contribution in [-0.4, -0.2) is 28.7 Å². The third-order valence-electron chi connectivity index (χ3n) is 5.14. The second-order valence-electron chi connectivity index (χ2n) is 6.67. The Morgan fingerprint density at radius 3 is 2.48 bits per heavy atom. The fourth-order valence-corrected chi connectivity index (χ4v) is 4.04. The Bertz CT molecular complexity index is 957. The molecule has 1 N–H and O–H groups in total. The average molecular weight is 334 g/mol. The van der Waals surface area contributed by atoms with E-state index in [0.29, 0.717) is 13.1 Å². The lowest BCUT2D eigenvalue weighted by molar-refractivity contribution is 0.0970. The Labute approximate surface area is 147 Å². The van der Waals surface area contributed by atoms with E-state index in [2.05, 4.69) is 26.0 Å². The average Bonchev–Trinajstić information content (AvgIpc) is 2.96. The molecule has 0 radical (unpaired) electrons. The molecule has 0 fully saturated rings. The standard InChI is InChI=1S/C21H22N2O2/c1-14-8-9-15(2)19-18(14)17-10-11-22(16-6-4-3-5-7-16)21(25)20(17)23(19)12-13-24/h3-9,24H,10-13H2,1-2H3. The van der Waals surface area contributed by atoms with Crippen LogP contribution in [0.4, 0.5) is 5.69 Å². The minimum absolute atomic E-state index is 0.0161. The van der Waals surface area contributed by atoms with Crippen molar-refractivity contribution in [2.75, 3.05) is 18.1 Å². The zero-order valence-corrected chi connectivity index (χ0v) is 14.6. The van der Waals surface area contributed by atoms with Crippen LogP contribution in [0.1, 0.15) is 27.2 Å². The fourth-order valence-electron chi connectivity index (χ4n) is 4.04. The minimum atomic E-state index is 0.0161. The molecule has 2 aromatic carbocycles. The van der Waals surface area contributed by atoms with E-state index in [1.54, 1.807) is 0 Å². The van der Waals surface area contributed by atoms with Gasteiger partial charge >= 0.3 is 0 Å². The summed E-state index contributed by atoms with van der Waals surface area (Å²) in [7, 11) is 0. The highest BCUT2D eigenvalue weighted by molar-refractivity contribution is 6.12. The fraction of sp³-hybridized carbons (Fsp3) is 0.286. The van der Waals surface area contributed by atoms with E-state index in [1.165, 1.54) is 10.9 Å². The van der Waals surface area contributed by atoms with E-state index in [9.17, 15) is 9.90 Å². The van der Waals surface area contributed by atoms with E-state index in [1.807, 2.05) is 39.8 Å². The van der Waals surface area contributed by atoms with Gasteiger partial charge in [-0.15, -0.1) is 0 Å². The van der Waals surface area contributed by atoms with E-state index in [-0.39, 0.29) is 12.5 Å². The van der Waals surface area contributed by atoms with Crippen molar-refractivity contribution in [1.82, 2.24) is 4.57 Å². The predicted molar refractivity (Wildman–Crippen MR) is 100 cm³/mol. The number of hydrogen-bond donors (Lipinski definition) is 1. The van der Waals surface area contributed by atoms with Gasteiger partial charge in [-0.3, -0.25) is 4.79 Å². The number of aryl methyl sites for hydroxylation is 2. The van der Waals surface area contributed by atoms with Crippen molar-refractivity contribution in [3.8, 4) is 0 Å². The van der Waals surface area contributed by atoms with Gasteiger partial charge in [0.15, 0.2) is 0 Å². The quantitative estimate of drug-likeness (QED) is 0.797. The molecule has 3 aromatic rings. The van der Waals surface area contributed by atoms with Crippen LogP contribution in [0.15, 0.2) is 42.5 Å². The highest BCUT2D eigenvalue weighted by Crippen LogP contribution is 2.36. The maximum Gasteiger partial charge on any atom is 0.275 e. The first-order valence-corrected chi connectivity index (χ1v) is 8.72. The van der Waals surface area contributed by atoms with Crippen molar-refractivity contribution in [2.24, 2.45) is 0 Å². The zero-order chi connectivity index (χ0) is 17.6. The monoisotopic (exact) mass is 334 g/mol. The molecule has 0 bridgehead atoms. The van der Waals surface area contributed by atoms with E-state index in [0.717, 1.165) is 34.4 Å². The largest absolute Gasteiger partial charge is 0.395 e. The van der Waals surface area contributed by atoms with Crippen molar-refractivity contribution in [3.05, 3.63) is 64.8 Å². The van der Waals surface area contributed by atoms with Gasteiger partial charge in [0.05, 0.1) is 12.1 Å². The second-order valence-corrected chi connectivity index (χ2v) is 6.67. The van der Waals surface area contributed by atoms with Crippen LogP contribution in [-0.2, 0) is 13.0 Å². The molecule has 4 heteroatoms. The third-order valence-corrected chi connectivity index (χ3v) is 5.14. The van der Waals surface area contributed by atoms with Crippen LogP contribution >= 0.6 is 0 Å². The Balaban J connectivity index is 1.96. The predicted octanol–water partition coefficient (Wildman–Crippen LogP) is 3.45. The molecule has 0 saturated heterocycles. The zero-order valence-electron chi connectivity index (χ0n) is 14.6. The molecule has 0 spiro atoms. The molecule has 1 aromatic heterocycles. The topological polar surface area (TPSA) is 45.5 Å². The van der Waals surface area contributed by atoms with Crippen molar-refractivity contribution in [1.29, 1.82) is 0 Å². The summed E-state index contributed by atoms with van der Waals surface area (Å²) in [6.45, 7) is 5.30. The molecule has 1 amide bonds. The maximum absolute atomic E-state index is 13.3. The molecule has 4 nitrogen and oxygen atoms in total. The maximum atomic E-state index is 13.3. The van der Waals surface area contributed by atoms with Gasteiger partial charge in [0.1, 0.15) is 5.69 Å². The molecule has 2 heterocycles. The normalized spacial score (nSPS) is 14.2. The van der Waals surface area contributed by atoms with E-state index >= 15 is 0 Å². The van der Waals surface area contributed by atoms with Gasteiger partial charge in [-0.2, -0.15) is 0 Å². The van der Waals surface area contributed by atoms with Crippen LogP contribution in [0.2, 0.25) is 0 Å². The Morgan fingerprint density at radius 1 is 1.04 bits per heavy atom. The Kier molecular flexibility index (Phi) is 3.85. The van der Waals surface area contributed by atoms with E-state index in [4.69, 9.17) is 0 Å². The molecule has 1 aliphatic rings. The Morgan fingerprint density at radius 2 is 1.76 bits per heavy atom. The smallest absolute Gasteiger partial charge is 0.275 e. The van der Waals surface area contributed by atoms with Crippen LogP contribution in [0.5, 0.6) is 0 Å². The summed E-state index contributed by atoms with van der Waals surface area (Å²) in [5, 5.41) is 10.8. The molecule has 0 atom stereocenters. The molecule has 0 saturated carbocycles. The number of rotatable bonds is 3. The molecule has 25 heavy (non-hydrogen) atoms. The summed E-state index contributed by atoms with van der Waals surface area (Å²) < 4.78 is 2.02. The number of anilines is 1. The molecule has 0 aliphatic carbocycles. The second kappa shape index (κ2) is 6.05. The summed E-state index contributed by atoms with van der Waals surface area (Å²) in [4.78, 5) is 15.2. The number of para-hydroxylation sites is 1. The molecule has 0 unspecified atom stereocenters.